The number of aliphatic imine (C=N–C) groups is 1. The Balaban J connectivity index is 0.0000106. The molecule has 2 rings (SSSR count). The van der Waals surface area contributed by atoms with E-state index in [1.54, 1.807) is 19.1 Å². The molecule has 4 atom stereocenters. The van der Waals surface area contributed by atoms with Crippen LogP contribution in [0, 0.1) is 10.8 Å². The summed E-state index contributed by atoms with van der Waals surface area (Å²) in [5.41, 5.74) is 20.5. The summed E-state index contributed by atoms with van der Waals surface area (Å²) >= 11 is 0. The fourth-order valence-electron chi connectivity index (χ4n) is 5.11. The van der Waals surface area contributed by atoms with Gasteiger partial charge in [-0.1, -0.05) is 26.0 Å². The molecule has 1 aromatic carbocycles. The Morgan fingerprint density at radius 3 is 2.34 bits per heavy atom. The number of hydrazine groups is 1. The van der Waals surface area contributed by atoms with Crippen LogP contribution in [0.4, 0.5) is 0 Å². The maximum absolute atomic E-state index is 13.8. The molecule has 4 amide bonds. The topological polar surface area (TPSA) is 251 Å². The van der Waals surface area contributed by atoms with E-state index in [4.69, 9.17) is 17.2 Å². The summed E-state index contributed by atoms with van der Waals surface area (Å²) < 4.78 is 0. The van der Waals surface area contributed by atoms with E-state index >= 15 is 0 Å². The Morgan fingerprint density at radius 1 is 1.11 bits per heavy atom. The second-order valence-corrected chi connectivity index (χ2v) is 11.4. The monoisotopic (exact) mass is 704 g/mol. The molecule has 16 nitrogen and oxygen atoms in total. The number of halogens is 2. The number of hydrogen-bond donors (Lipinski definition) is 7. The van der Waals surface area contributed by atoms with Crippen LogP contribution in [-0.4, -0.2) is 95.1 Å². The van der Waals surface area contributed by atoms with Gasteiger partial charge in [-0.3, -0.25) is 29.2 Å². The molecule has 1 fully saturated rings. The summed E-state index contributed by atoms with van der Waals surface area (Å²) in [6.45, 7) is 5.93. The summed E-state index contributed by atoms with van der Waals surface area (Å²) in [5, 5.41) is 18.8. The summed E-state index contributed by atoms with van der Waals surface area (Å²) in [6, 6.07) is 2.38. The maximum atomic E-state index is 13.8. The predicted octanol–water partition coefficient (Wildman–Crippen LogP) is 0.243. The molecule has 18 heteroatoms. The molecule has 0 aliphatic carbocycles. The molecule has 1 saturated heterocycles. The van der Waals surface area contributed by atoms with Gasteiger partial charge in [0, 0.05) is 19.6 Å². The third-order valence-electron chi connectivity index (χ3n) is 7.26. The van der Waals surface area contributed by atoms with E-state index in [0.29, 0.717) is 37.9 Å². The number of rotatable bonds is 18. The number of carbonyl (C=O) groups excluding carboxylic acids is 4. The standard InChI is InChI=1S/C29H48N10O6.2ClH/c1-4-33-26(42)24-8-6-14-38(24)28(44)22(7-5-13-34-29(31)32)36-25(41)23(15-18(2)3)37-39(17-35-45)27(43)21(30)16-19-9-11-20(40)12-10-19;;/h9-12,18,21-24,37,40H,4-8,13-17,30H2,1-3H3,(H,33,42)(H,36,41)(H4,31,32,34);2*1H/t21-,22-,23-,24-;;/m0../s1. The molecular weight excluding hydrogens is 655 g/mol. The van der Waals surface area contributed by atoms with Crippen LogP contribution in [0.1, 0.15) is 58.4 Å². The molecule has 0 spiro atoms. The summed E-state index contributed by atoms with van der Waals surface area (Å²) in [5.74, 6) is -2.00. The van der Waals surface area contributed by atoms with E-state index in [0.717, 1.165) is 5.01 Å². The number of likely N-dealkylation sites (tertiary alicyclic amines) is 1. The number of guanidine groups is 1. The van der Waals surface area contributed by atoms with Crippen molar-refractivity contribution in [2.24, 2.45) is 33.3 Å². The van der Waals surface area contributed by atoms with Gasteiger partial charge < -0.3 is 37.8 Å². The Hall–Kier alpha value is -3.73. The van der Waals surface area contributed by atoms with Gasteiger partial charge >= 0.3 is 0 Å². The summed E-state index contributed by atoms with van der Waals surface area (Å²) in [7, 11) is 0. The second kappa shape index (κ2) is 22.0. The summed E-state index contributed by atoms with van der Waals surface area (Å²) in [4.78, 5) is 70.1. The zero-order valence-corrected chi connectivity index (χ0v) is 28.7. The number of hydrogen-bond acceptors (Lipinski definition) is 10. The Bertz CT molecular complexity index is 1190. The largest absolute Gasteiger partial charge is 0.508 e. The fourth-order valence-corrected chi connectivity index (χ4v) is 5.11. The first-order valence-electron chi connectivity index (χ1n) is 15.2. The minimum Gasteiger partial charge on any atom is -0.508 e. The number of phenols is 1. The van der Waals surface area contributed by atoms with Gasteiger partial charge in [0.1, 0.15) is 23.9 Å². The second-order valence-electron chi connectivity index (χ2n) is 11.4. The van der Waals surface area contributed by atoms with Crippen molar-refractivity contribution in [2.75, 3.05) is 26.3 Å². The number of likely N-dealkylation sites (N-methyl/N-ethyl adjacent to an activating group) is 1. The molecule has 0 radical (unpaired) electrons. The fraction of sp³-hybridized carbons (Fsp3) is 0.621. The number of benzene rings is 1. The molecule has 0 bridgehead atoms. The molecular formula is C29H50Cl2N10O6. The van der Waals surface area contributed by atoms with Crippen LogP contribution in [0.3, 0.4) is 0 Å². The van der Waals surface area contributed by atoms with Gasteiger partial charge in [0.2, 0.25) is 17.7 Å². The molecule has 0 unspecified atom stereocenters. The minimum atomic E-state index is -1.09. The van der Waals surface area contributed by atoms with Crippen molar-refractivity contribution in [3.8, 4) is 5.75 Å². The highest BCUT2D eigenvalue weighted by Crippen LogP contribution is 2.20. The highest BCUT2D eigenvalue weighted by molar-refractivity contribution is 5.93. The van der Waals surface area contributed by atoms with E-state index in [9.17, 15) is 29.2 Å². The lowest BCUT2D eigenvalue weighted by molar-refractivity contribution is -0.143. The predicted molar refractivity (Wildman–Crippen MR) is 183 cm³/mol. The highest BCUT2D eigenvalue weighted by atomic mass is 35.5. The molecule has 47 heavy (non-hydrogen) atoms. The highest BCUT2D eigenvalue weighted by Gasteiger charge is 2.38. The van der Waals surface area contributed by atoms with Crippen molar-refractivity contribution in [1.29, 1.82) is 0 Å². The van der Waals surface area contributed by atoms with Crippen LogP contribution in [0.2, 0.25) is 0 Å². The number of amides is 4. The van der Waals surface area contributed by atoms with Crippen molar-refractivity contribution in [3.05, 3.63) is 34.7 Å². The number of aromatic hydroxyl groups is 1. The minimum absolute atomic E-state index is 0. The van der Waals surface area contributed by atoms with E-state index in [-0.39, 0.29) is 74.2 Å². The van der Waals surface area contributed by atoms with Crippen molar-refractivity contribution < 1.29 is 24.3 Å². The first kappa shape index (κ1) is 43.3. The van der Waals surface area contributed by atoms with Gasteiger partial charge in [-0.05, 0) is 74.2 Å². The van der Waals surface area contributed by atoms with E-state index in [1.165, 1.54) is 17.0 Å². The number of carbonyl (C=O) groups is 4. The van der Waals surface area contributed by atoms with Crippen LogP contribution >= 0.6 is 24.8 Å². The van der Waals surface area contributed by atoms with Crippen molar-refractivity contribution in [2.45, 2.75) is 83.5 Å². The van der Waals surface area contributed by atoms with E-state index in [2.05, 4.69) is 26.2 Å². The number of nitroso groups, excluding NO2 is 1. The lowest BCUT2D eigenvalue weighted by atomic mass is 10.0. The lowest BCUT2D eigenvalue weighted by Gasteiger charge is -2.32. The third kappa shape index (κ3) is 14.3. The van der Waals surface area contributed by atoms with Gasteiger partial charge in [-0.2, -0.15) is 0 Å². The molecule has 1 aromatic rings. The van der Waals surface area contributed by atoms with Gasteiger partial charge in [0.05, 0.1) is 6.04 Å². The van der Waals surface area contributed by atoms with Crippen LogP contribution < -0.4 is 33.3 Å². The van der Waals surface area contributed by atoms with Crippen molar-refractivity contribution >= 4 is 54.4 Å². The van der Waals surface area contributed by atoms with Crippen LogP contribution in [0.5, 0.6) is 5.75 Å². The SMILES string of the molecule is CCNC(=O)[C@@H]1CCCN1C(=O)[C@H](CCCN=C(N)N)NC(=O)[C@H](CC(C)C)NN(CN=O)C(=O)[C@@H](N)Cc1ccc(O)cc1.Cl.Cl. The zero-order chi connectivity index (χ0) is 33.5. The molecule has 1 aliphatic heterocycles. The average molecular weight is 706 g/mol. The lowest BCUT2D eigenvalue weighted by Crippen LogP contribution is -2.60. The van der Waals surface area contributed by atoms with Gasteiger partial charge in [0.15, 0.2) is 12.6 Å². The number of nitrogens with zero attached hydrogens (tertiary/aromatic N) is 4. The Kier molecular flexibility index (Phi) is 20.2. The normalized spacial score (nSPS) is 15.7. The Labute approximate surface area is 287 Å². The van der Waals surface area contributed by atoms with E-state index in [1.807, 2.05) is 13.8 Å². The molecule has 1 heterocycles. The first-order valence-corrected chi connectivity index (χ1v) is 15.2. The van der Waals surface area contributed by atoms with E-state index < -0.39 is 48.6 Å². The van der Waals surface area contributed by atoms with Gasteiger partial charge in [0.25, 0.3) is 5.91 Å². The van der Waals surface area contributed by atoms with Crippen LogP contribution in [0.25, 0.3) is 0 Å². The quantitative estimate of drug-likeness (QED) is 0.0360. The number of phenolic OH excluding ortho intramolecular Hbond substituents is 1. The molecule has 266 valence electrons. The summed E-state index contributed by atoms with van der Waals surface area (Å²) in [6.07, 6.45) is 2.03. The zero-order valence-electron chi connectivity index (χ0n) is 27.1. The smallest absolute Gasteiger partial charge is 0.255 e. The first-order chi connectivity index (χ1) is 21.4. The average Bonchev–Trinajstić information content (AvgIpc) is 3.48. The molecule has 10 N–H and O–H groups in total. The van der Waals surface area contributed by atoms with Crippen LogP contribution in [0.15, 0.2) is 34.4 Å². The molecule has 0 aromatic heterocycles. The van der Waals surface area contributed by atoms with Gasteiger partial charge in [-0.25, -0.2) is 5.43 Å². The third-order valence-corrected chi connectivity index (χ3v) is 7.26. The van der Waals surface area contributed by atoms with Crippen molar-refractivity contribution in [3.63, 3.8) is 0 Å². The van der Waals surface area contributed by atoms with Gasteiger partial charge in [-0.15, -0.1) is 29.7 Å². The maximum Gasteiger partial charge on any atom is 0.255 e. The number of nitrogens with one attached hydrogen (secondary N) is 3. The number of nitrogens with two attached hydrogens (primary N) is 3. The molecule has 0 saturated carbocycles. The van der Waals surface area contributed by atoms with Crippen molar-refractivity contribution in [1.82, 2.24) is 26.0 Å². The Morgan fingerprint density at radius 2 is 1.77 bits per heavy atom. The van der Waals surface area contributed by atoms with Crippen LogP contribution in [-0.2, 0) is 25.6 Å². The molecule has 1 aliphatic rings.